The number of primary sulfonamides is 1. The summed E-state index contributed by atoms with van der Waals surface area (Å²) in [5, 5.41) is 8.27. The third-order valence-corrected chi connectivity index (χ3v) is 6.75. The molecule has 4 rings (SSSR count). The number of thiazole rings is 1. The SMILES string of the molecule is Cc1ccc(-c2nc(-c3cc(C)n(-c4ccc(S(N)(=O)=O)cc4)c3C)cs2)cc1. The van der Waals surface area contributed by atoms with Gasteiger partial charge in [0.15, 0.2) is 0 Å². The molecule has 4 aromatic rings. The van der Waals surface area contributed by atoms with Gasteiger partial charge in [0.05, 0.1) is 10.6 Å². The van der Waals surface area contributed by atoms with Crippen LogP contribution in [0.15, 0.2) is 64.9 Å². The molecule has 5 nitrogen and oxygen atoms in total. The molecule has 0 bridgehead atoms. The second kappa shape index (κ2) is 7.26. The van der Waals surface area contributed by atoms with Crippen molar-refractivity contribution in [2.45, 2.75) is 25.7 Å². The highest BCUT2D eigenvalue weighted by Crippen LogP contribution is 2.33. The highest BCUT2D eigenvalue weighted by molar-refractivity contribution is 7.89. The number of hydrogen-bond donors (Lipinski definition) is 1. The number of sulfonamides is 1. The van der Waals surface area contributed by atoms with Gasteiger partial charge in [0.25, 0.3) is 0 Å². The molecule has 0 aliphatic rings. The number of rotatable bonds is 4. The molecule has 0 amide bonds. The molecular weight excluding hydrogens is 402 g/mol. The van der Waals surface area contributed by atoms with E-state index in [2.05, 4.69) is 47.2 Å². The van der Waals surface area contributed by atoms with E-state index < -0.39 is 10.0 Å². The second-order valence-corrected chi connectivity index (χ2v) is 9.48. The van der Waals surface area contributed by atoms with Crippen molar-refractivity contribution in [1.82, 2.24) is 9.55 Å². The summed E-state index contributed by atoms with van der Waals surface area (Å²) in [6.45, 7) is 6.14. The average Bonchev–Trinajstić information content (AvgIpc) is 3.26. The van der Waals surface area contributed by atoms with Crippen LogP contribution in [-0.2, 0) is 10.0 Å². The first-order valence-electron chi connectivity index (χ1n) is 9.09. The van der Waals surface area contributed by atoms with Crippen LogP contribution < -0.4 is 5.14 Å². The van der Waals surface area contributed by atoms with Gasteiger partial charge in [-0.3, -0.25) is 0 Å². The molecule has 0 saturated carbocycles. The van der Waals surface area contributed by atoms with Crippen molar-refractivity contribution in [2.24, 2.45) is 5.14 Å². The third-order valence-electron chi connectivity index (χ3n) is 4.93. The van der Waals surface area contributed by atoms with Gasteiger partial charge >= 0.3 is 0 Å². The molecule has 0 atom stereocenters. The normalized spacial score (nSPS) is 11.7. The molecule has 2 N–H and O–H groups in total. The van der Waals surface area contributed by atoms with Gasteiger partial charge in [-0.2, -0.15) is 0 Å². The Bertz CT molecular complexity index is 1280. The smallest absolute Gasteiger partial charge is 0.238 e. The molecule has 0 spiro atoms. The summed E-state index contributed by atoms with van der Waals surface area (Å²) in [6.07, 6.45) is 0. The summed E-state index contributed by atoms with van der Waals surface area (Å²) < 4.78 is 25.1. The summed E-state index contributed by atoms with van der Waals surface area (Å²) in [7, 11) is -3.70. The molecule has 0 radical (unpaired) electrons. The first-order valence-corrected chi connectivity index (χ1v) is 11.5. The summed E-state index contributed by atoms with van der Waals surface area (Å²) in [5.41, 5.74) is 7.31. The highest BCUT2D eigenvalue weighted by Gasteiger charge is 2.16. The maximum absolute atomic E-state index is 11.5. The van der Waals surface area contributed by atoms with E-state index in [0.717, 1.165) is 38.9 Å². The van der Waals surface area contributed by atoms with Crippen molar-refractivity contribution in [3.05, 3.63) is 76.9 Å². The Labute approximate surface area is 174 Å². The van der Waals surface area contributed by atoms with Crippen LogP contribution in [-0.4, -0.2) is 18.0 Å². The fourth-order valence-electron chi connectivity index (χ4n) is 3.43. The quantitative estimate of drug-likeness (QED) is 0.510. The van der Waals surface area contributed by atoms with Crippen molar-refractivity contribution in [3.8, 4) is 27.5 Å². The standard InChI is InChI=1S/C22H21N3O2S2/c1-14-4-6-17(7-5-14)22-24-21(13-28-22)20-12-15(2)25(16(20)3)18-8-10-19(11-9-18)29(23,26)27/h4-13H,1-3H3,(H2,23,26,27). The van der Waals surface area contributed by atoms with Crippen LogP contribution in [0.5, 0.6) is 0 Å². The molecule has 2 heterocycles. The zero-order valence-corrected chi connectivity index (χ0v) is 18.0. The predicted octanol–water partition coefficient (Wildman–Crippen LogP) is 4.84. The van der Waals surface area contributed by atoms with Crippen LogP contribution in [0.25, 0.3) is 27.5 Å². The Morgan fingerprint density at radius 2 is 1.62 bits per heavy atom. The number of aromatic nitrogens is 2. The maximum atomic E-state index is 11.5. The summed E-state index contributed by atoms with van der Waals surface area (Å²) in [6, 6.07) is 17.1. The lowest BCUT2D eigenvalue weighted by Gasteiger charge is -2.10. The van der Waals surface area contributed by atoms with Crippen LogP contribution in [0.2, 0.25) is 0 Å². The summed E-state index contributed by atoms with van der Waals surface area (Å²) in [4.78, 5) is 4.95. The predicted molar refractivity (Wildman–Crippen MR) is 118 cm³/mol. The number of hydrogen-bond acceptors (Lipinski definition) is 4. The van der Waals surface area contributed by atoms with E-state index in [-0.39, 0.29) is 4.90 Å². The van der Waals surface area contributed by atoms with E-state index in [0.29, 0.717) is 0 Å². The van der Waals surface area contributed by atoms with Gasteiger partial charge in [-0.05, 0) is 51.1 Å². The Balaban J connectivity index is 1.72. The third kappa shape index (κ3) is 3.76. The van der Waals surface area contributed by atoms with Gasteiger partial charge in [-0.1, -0.05) is 29.8 Å². The lowest BCUT2D eigenvalue weighted by Crippen LogP contribution is -2.12. The maximum Gasteiger partial charge on any atom is 0.238 e. The molecular formula is C22H21N3O2S2. The summed E-state index contributed by atoms with van der Waals surface area (Å²) >= 11 is 1.63. The van der Waals surface area contributed by atoms with E-state index >= 15 is 0 Å². The molecule has 0 fully saturated rings. The minimum atomic E-state index is -3.70. The lowest BCUT2D eigenvalue weighted by atomic mass is 10.1. The van der Waals surface area contributed by atoms with Gasteiger partial charge in [-0.25, -0.2) is 18.5 Å². The Hall–Kier alpha value is -2.74. The van der Waals surface area contributed by atoms with E-state index in [1.54, 1.807) is 23.5 Å². The van der Waals surface area contributed by atoms with E-state index in [1.165, 1.54) is 17.7 Å². The van der Waals surface area contributed by atoms with Crippen molar-refractivity contribution in [2.75, 3.05) is 0 Å². The zero-order chi connectivity index (χ0) is 20.8. The van der Waals surface area contributed by atoms with Crippen molar-refractivity contribution in [3.63, 3.8) is 0 Å². The Kier molecular flexibility index (Phi) is 4.90. The number of benzene rings is 2. The molecule has 2 aromatic heterocycles. The van der Waals surface area contributed by atoms with Crippen LogP contribution in [0.4, 0.5) is 0 Å². The second-order valence-electron chi connectivity index (χ2n) is 7.06. The van der Waals surface area contributed by atoms with Gasteiger partial charge in [0.2, 0.25) is 10.0 Å². The van der Waals surface area contributed by atoms with Gasteiger partial charge in [0.1, 0.15) is 5.01 Å². The molecule has 0 unspecified atom stereocenters. The Morgan fingerprint density at radius 3 is 2.24 bits per heavy atom. The van der Waals surface area contributed by atoms with Crippen LogP contribution in [0, 0.1) is 20.8 Å². The monoisotopic (exact) mass is 423 g/mol. The average molecular weight is 424 g/mol. The van der Waals surface area contributed by atoms with Gasteiger partial charge in [-0.15, -0.1) is 11.3 Å². The van der Waals surface area contributed by atoms with Gasteiger partial charge in [0, 0.05) is 33.6 Å². The van der Waals surface area contributed by atoms with Crippen LogP contribution in [0.3, 0.4) is 0 Å². The number of aryl methyl sites for hydroxylation is 2. The number of nitrogens with two attached hydrogens (primary N) is 1. The van der Waals surface area contributed by atoms with Crippen LogP contribution >= 0.6 is 11.3 Å². The summed E-state index contributed by atoms with van der Waals surface area (Å²) in [5.74, 6) is 0. The zero-order valence-electron chi connectivity index (χ0n) is 16.4. The van der Waals surface area contributed by atoms with Crippen LogP contribution in [0.1, 0.15) is 17.0 Å². The Morgan fingerprint density at radius 1 is 0.966 bits per heavy atom. The molecule has 0 aliphatic heterocycles. The highest BCUT2D eigenvalue weighted by atomic mass is 32.2. The topological polar surface area (TPSA) is 78.0 Å². The molecule has 7 heteroatoms. The molecule has 2 aromatic carbocycles. The molecule has 29 heavy (non-hydrogen) atoms. The molecule has 0 saturated heterocycles. The fraction of sp³-hybridized carbons (Fsp3) is 0.136. The first-order chi connectivity index (χ1) is 13.7. The molecule has 0 aliphatic carbocycles. The largest absolute Gasteiger partial charge is 0.318 e. The van der Waals surface area contributed by atoms with Crippen molar-refractivity contribution >= 4 is 21.4 Å². The van der Waals surface area contributed by atoms with Gasteiger partial charge < -0.3 is 4.57 Å². The minimum Gasteiger partial charge on any atom is -0.318 e. The van der Waals surface area contributed by atoms with Crippen molar-refractivity contribution < 1.29 is 8.42 Å². The molecule has 148 valence electrons. The lowest BCUT2D eigenvalue weighted by molar-refractivity contribution is 0.598. The van der Waals surface area contributed by atoms with E-state index in [1.807, 2.05) is 13.8 Å². The van der Waals surface area contributed by atoms with E-state index in [4.69, 9.17) is 10.1 Å². The fourth-order valence-corrected chi connectivity index (χ4v) is 4.77. The van der Waals surface area contributed by atoms with E-state index in [9.17, 15) is 8.42 Å². The first kappa shape index (κ1) is 19.6. The number of nitrogens with zero attached hydrogens (tertiary/aromatic N) is 2. The van der Waals surface area contributed by atoms with Crippen molar-refractivity contribution in [1.29, 1.82) is 0 Å². The minimum absolute atomic E-state index is 0.103.